The normalized spacial score (nSPS) is 11.8. The third-order valence-electron chi connectivity index (χ3n) is 2.43. The minimum absolute atomic E-state index is 0.191. The van der Waals surface area contributed by atoms with Gasteiger partial charge < -0.3 is 16.0 Å². The predicted molar refractivity (Wildman–Crippen MR) is 71.5 cm³/mol. The van der Waals surface area contributed by atoms with E-state index in [0.29, 0.717) is 5.69 Å². The maximum Gasteiger partial charge on any atom is 0.253 e. The highest BCUT2D eigenvalue weighted by atomic mass is 35.5. The minimum Gasteiger partial charge on any atom is -0.398 e. The Morgan fingerprint density at radius 3 is 2.56 bits per heavy atom. The van der Waals surface area contributed by atoms with Crippen molar-refractivity contribution in [2.24, 2.45) is 0 Å². The molecule has 98 valence electrons. The van der Waals surface area contributed by atoms with Gasteiger partial charge in [-0.25, -0.2) is 0 Å². The number of nitrogens with zero attached hydrogens (tertiary/aromatic N) is 1. The van der Waals surface area contributed by atoms with Crippen LogP contribution < -0.4 is 11.1 Å². The molecule has 0 aliphatic heterocycles. The smallest absolute Gasteiger partial charge is 0.253 e. The topological polar surface area (TPSA) is 75.4 Å². The number of halogens is 1. The molecule has 0 saturated carbocycles. The highest BCUT2D eigenvalue weighted by Crippen LogP contribution is 2.22. The highest BCUT2D eigenvalue weighted by molar-refractivity contribution is 6.36. The second-order valence-electron chi connectivity index (χ2n) is 4.14. The SMILES string of the molecule is CC(NC(=O)c1cccc(N)c1Cl)C(=O)N(C)C. The van der Waals surface area contributed by atoms with Crippen molar-refractivity contribution in [3.05, 3.63) is 28.8 Å². The zero-order chi connectivity index (χ0) is 13.9. The lowest BCUT2D eigenvalue weighted by Crippen LogP contribution is -2.44. The number of anilines is 1. The number of hydrogen-bond donors (Lipinski definition) is 2. The van der Waals surface area contributed by atoms with Crippen LogP contribution in [0.2, 0.25) is 5.02 Å². The van der Waals surface area contributed by atoms with Crippen LogP contribution in [0.3, 0.4) is 0 Å². The summed E-state index contributed by atoms with van der Waals surface area (Å²) in [7, 11) is 3.25. The van der Waals surface area contributed by atoms with Crippen molar-refractivity contribution >= 4 is 29.1 Å². The first-order valence-electron chi connectivity index (χ1n) is 5.40. The fourth-order valence-electron chi connectivity index (χ4n) is 1.45. The quantitative estimate of drug-likeness (QED) is 0.808. The molecule has 0 aliphatic carbocycles. The molecule has 1 aromatic carbocycles. The average molecular weight is 270 g/mol. The van der Waals surface area contributed by atoms with Crippen LogP contribution in [0, 0.1) is 0 Å². The van der Waals surface area contributed by atoms with Crippen molar-refractivity contribution in [2.75, 3.05) is 19.8 Å². The molecule has 0 bridgehead atoms. The van der Waals surface area contributed by atoms with Crippen molar-refractivity contribution in [3.63, 3.8) is 0 Å². The lowest BCUT2D eigenvalue weighted by atomic mass is 10.1. The standard InChI is InChI=1S/C12H16ClN3O2/c1-7(12(18)16(2)3)15-11(17)8-5-4-6-9(14)10(8)13/h4-7H,14H2,1-3H3,(H,15,17). The monoisotopic (exact) mass is 269 g/mol. The van der Waals surface area contributed by atoms with E-state index in [1.165, 1.54) is 4.90 Å². The number of amides is 2. The Balaban J connectivity index is 2.83. The maximum absolute atomic E-state index is 11.9. The molecular formula is C12H16ClN3O2. The number of nitrogen functional groups attached to an aromatic ring is 1. The molecule has 1 rings (SSSR count). The van der Waals surface area contributed by atoms with Crippen LogP contribution in [-0.4, -0.2) is 36.9 Å². The summed E-state index contributed by atoms with van der Waals surface area (Å²) in [5.74, 6) is -0.613. The Kier molecular flexibility index (Phi) is 4.55. The van der Waals surface area contributed by atoms with Gasteiger partial charge in [0.2, 0.25) is 5.91 Å². The second-order valence-corrected chi connectivity index (χ2v) is 4.51. The van der Waals surface area contributed by atoms with Crippen LogP contribution in [0.25, 0.3) is 0 Å². The fraction of sp³-hybridized carbons (Fsp3) is 0.333. The Labute approximate surface area is 111 Å². The number of rotatable bonds is 3. The van der Waals surface area contributed by atoms with Gasteiger partial charge in [0.1, 0.15) is 6.04 Å². The molecule has 6 heteroatoms. The molecule has 0 aliphatic rings. The number of hydrogen-bond acceptors (Lipinski definition) is 3. The highest BCUT2D eigenvalue weighted by Gasteiger charge is 2.19. The summed E-state index contributed by atoms with van der Waals surface area (Å²) in [5, 5.41) is 2.77. The van der Waals surface area contributed by atoms with Crippen LogP contribution in [0.15, 0.2) is 18.2 Å². The van der Waals surface area contributed by atoms with E-state index in [1.54, 1.807) is 39.2 Å². The van der Waals surface area contributed by atoms with E-state index in [1.807, 2.05) is 0 Å². The molecule has 0 spiro atoms. The number of nitrogens with two attached hydrogens (primary N) is 1. The van der Waals surface area contributed by atoms with Gasteiger partial charge in [-0.15, -0.1) is 0 Å². The Morgan fingerprint density at radius 2 is 2.00 bits per heavy atom. The maximum atomic E-state index is 11.9. The summed E-state index contributed by atoms with van der Waals surface area (Å²) in [6, 6.07) is 4.17. The summed E-state index contributed by atoms with van der Waals surface area (Å²) >= 11 is 5.93. The minimum atomic E-state index is -0.620. The molecule has 0 aromatic heterocycles. The second kappa shape index (κ2) is 5.73. The van der Waals surface area contributed by atoms with Crippen LogP contribution in [0.1, 0.15) is 17.3 Å². The van der Waals surface area contributed by atoms with Gasteiger partial charge in [0.15, 0.2) is 0 Å². The van der Waals surface area contributed by atoms with Crippen molar-refractivity contribution in [3.8, 4) is 0 Å². The molecule has 1 aromatic rings. The Bertz CT molecular complexity index is 474. The van der Waals surface area contributed by atoms with Crippen LogP contribution in [0.4, 0.5) is 5.69 Å². The van der Waals surface area contributed by atoms with Gasteiger partial charge in [-0.3, -0.25) is 9.59 Å². The molecule has 1 atom stereocenters. The predicted octanol–water partition coefficient (Wildman–Crippen LogP) is 1.13. The van der Waals surface area contributed by atoms with E-state index in [-0.39, 0.29) is 16.5 Å². The third-order valence-corrected chi connectivity index (χ3v) is 2.85. The lowest BCUT2D eigenvalue weighted by molar-refractivity contribution is -0.130. The number of carbonyl (C=O) groups excluding carboxylic acids is 2. The summed E-state index contributed by atoms with van der Waals surface area (Å²) in [5.41, 5.74) is 6.20. The number of benzene rings is 1. The molecule has 0 radical (unpaired) electrons. The molecule has 0 fully saturated rings. The summed E-state index contributed by atoms with van der Waals surface area (Å²) in [6.45, 7) is 1.61. The molecule has 5 nitrogen and oxygen atoms in total. The number of nitrogens with one attached hydrogen (secondary N) is 1. The van der Waals surface area contributed by atoms with Gasteiger partial charge in [0.05, 0.1) is 16.3 Å². The van der Waals surface area contributed by atoms with Crippen molar-refractivity contribution in [2.45, 2.75) is 13.0 Å². The van der Waals surface area contributed by atoms with Crippen molar-refractivity contribution in [1.29, 1.82) is 0 Å². The zero-order valence-electron chi connectivity index (χ0n) is 10.5. The van der Waals surface area contributed by atoms with Gasteiger partial charge >= 0.3 is 0 Å². The van der Waals surface area contributed by atoms with Gasteiger partial charge in [-0.2, -0.15) is 0 Å². The van der Waals surface area contributed by atoms with E-state index in [0.717, 1.165) is 0 Å². The molecule has 3 N–H and O–H groups in total. The van der Waals surface area contributed by atoms with E-state index in [4.69, 9.17) is 17.3 Å². The first-order valence-corrected chi connectivity index (χ1v) is 5.78. The molecule has 18 heavy (non-hydrogen) atoms. The summed E-state index contributed by atoms with van der Waals surface area (Å²) < 4.78 is 0. The van der Waals surface area contributed by atoms with Gasteiger partial charge in [-0.05, 0) is 19.1 Å². The molecule has 1 unspecified atom stereocenters. The van der Waals surface area contributed by atoms with Gasteiger partial charge in [0, 0.05) is 14.1 Å². The van der Waals surface area contributed by atoms with E-state index < -0.39 is 11.9 Å². The van der Waals surface area contributed by atoms with Gasteiger partial charge in [-0.1, -0.05) is 17.7 Å². The van der Waals surface area contributed by atoms with E-state index >= 15 is 0 Å². The van der Waals surface area contributed by atoms with Crippen LogP contribution in [0.5, 0.6) is 0 Å². The zero-order valence-corrected chi connectivity index (χ0v) is 11.3. The summed E-state index contributed by atoms with van der Waals surface area (Å²) in [6.07, 6.45) is 0. The average Bonchev–Trinajstić information content (AvgIpc) is 2.31. The molecule has 0 saturated heterocycles. The first-order chi connectivity index (χ1) is 8.34. The molecular weight excluding hydrogens is 254 g/mol. The molecule has 0 heterocycles. The van der Waals surface area contributed by atoms with E-state index in [9.17, 15) is 9.59 Å². The van der Waals surface area contributed by atoms with Gasteiger partial charge in [0.25, 0.3) is 5.91 Å². The summed E-state index contributed by atoms with van der Waals surface area (Å²) in [4.78, 5) is 25.0. The molecule has 2 amide bonds. The first kappa shape index (κ1) is 14.3. The Morgan fingerprint density at radius 1 is 1.39 bits per heavy atom. The van der Waals surface area contributed by atoms with Crippen LogP contribution in [-0.2, 0) is 4.79 Å². The Hall–Kier alpha value is -1.75. The van der Waals surface area contributed by atoms with E-state index in [2.05, 4.69) is 5.32 Å². The number of likely N-dealkylation sites (N-methyl/N-ethyl adjacent to an activating group) is 1. The van der Waals surface area contributed by atoms with Crippen LogP contribution >= 0.6 is 11.6 Å². The number of carbonyl (C=O) groups is 2. The fourth-order valence-corrected chi connectivity index (χ4v) is 1.66. The van der Waals surface area contributed by atoms with Crippen molar-refractivity contribution in [1.82, 2.24) is 10.2 Å². The third kappa shape index (κ3) is 3.13. The lowest BCUT2D eigenvalue weighted by Gasteiger charge is -2.18. The van der Waals surface area contributed by atoms with Crippen molar-refractivity contribution < 1.29 is 9.59 Å². The largest absolute Gasteiger partial charge is 0.398 e.